The molecule has 5 nitrogen and oxygen atoms in total. The molecule has 2 aromatic heterocycles. The van der Waals surface area contributed by atoms with E-state index in [4.69, 9.17) is 4.74 Å². The van der Waals surface area contributed by atoms with Crippen LogP contribution in [0.3, 0.4) is 0 Å². The zero-order valence-corrected chi connectivity index (χ0v) is 13.1. The van der Waals surface area contributed by atoms with E-state index in [1.54, 1.807) is 0 Å². The number of hydrogen-bond donors (Lipinski definition) is 1. The fourth-order valence-electron chi connectivity index (χ4n) is 3.64. The molecule has 4 rings (SSSR count). The highest BCUT2D eigenvalue weighted by molar-refractivity contribution is 5.33. The summed E-state index contributed by atoms with van der Waals surface area (Å²) in [6.07, 6.45) is 4.05. The van der Waals surface area contributed by atoms with Gasteiger partial charge in [-0.1, -0.05) is 12.1 Å². The lowest BCUT2D eigenvalue weighted by molar-refractivity contribution is 0.0944. The maximum atomic E-state index is 6.02. The number of hydrogen-bond acceptors (Lipinski definition) is 5. The first kappa shape index (κ1) is 14.6. The first-order valence-corrected chi connectivity index (χ1v) is 8.27. The van der Waals surface area contributed by atoms with Crippen molar-refractivity contribution in [1.29, 1.82) is 0 Å². The third-order valence-electron chi connectivity index (χ3n) is 4.84. The number of likely N-dealkylation sites (tertiary alicyclic amines) is 1. The molecule has 0 aliphatic carbocycles. The molecule has 120 valence electrons. The normalized spacial score (nSPS) is 27.0. The molecule has 1 N–H and O–H groups in total. The van der Waals surface area contributed by atoms with E-state index in [0.717, 1.165) is 44.3 Å². The number of aromatic nitrogens is 2. The molecule has 4 heterocycles. The minimum absolute atomic E-state index is 0.370. The Morgan fingerprint density at radius 2 is 1.96 bits per heavy atom. The van der Waals surface area contributed by atoms with Gasteiger partial charge in [-0.3, -0.25) is 9.88 Å². The van der Waals surface area contributed by atoms with Crippen molar-refractivity contribution in [3.05, 3.63) is 54.5 Å². The van der Waals surface area contributed by atoms with Gasteiger partial charge in [0.1, 0.15) is 5.82 Å². The summed E-state index contributed by atoms with van der Waals surface area (Å²) in [6, 6.07) is 12.1. The van der Waals surface area contributed by atoms with Crippen LogP contribution in [0.5, 0.6) is 0 Å². The lowest BCUT2D eigenvalue weighted by Crippen LogP contribution is -2.27. The average Bonchev–Trinajstić information content (AvgIpc) is 3.15. The molecule has 0 unspecified atom stereocenters. The van der Waals surface area contributed by atoms with Crippen LogP contribution >= 0.6 is 0 Å². The third-order valence-corrected chi connectivity index (χ3v) is 4.84. The summed E-state index contributed by atoms with van der Waals surface area (Å²) >= 11 is 0. The van der Waals surface area contributed by atoms with E-state index < -0.39 is 0 Å². The summed E-state index contributed by atoms with van der Waals surface area (Å²) in [7, 11) is 0. The molecule has 2 aliphatic rings. The minimum atomic E-state index is 0.370. The van der Waals surface area contributed by atoms with Gasteiger partial charge in [-0.05, 0) is 24.3 Å². The van der Waals surface area contributed by atoms with Crippen LogP contribution in [0.2, 0.25) is 0 Å². The van der Waals surface area contributed by atoms with Gasteiger partial charge < -0.3 is 10.1 Å². The van der Waals surface area contributed by atoms with Crippen molar-refractivity contribution < 1.29 is 4.74 Å². The van der Waals surface area contributed by atoms with E-state index in [9.17, 15) is 0 Å². The lowest BCUT2D eigenvalue weighted by Gasteiger charge is -2.19. The second kappa shape index (κ2) is 6.64. The van der Waals surface area contributed by atoms with Gasteiger partial charge in [0.15, 0.2) is 0 Å². The minimum Gasteiger partial charge on any atom is -0.376 e. The largest absolute Gasteiger partial charge is 0.376 e. The molecule has 0 spiro atoms. The van der Waals surface area contributed by atoms with Crippen LogP contribution in [0.4, 0.5) is 5.82 Å². The fourth-order valence-corrected chi connectivity index (χ4v) is 3.64. The Morgan fingerprint density at radius 3 is 2.74 bits per heavy atom. The number of fused-ring (bicyclic) bond motifs is 1. The van der Waals surface area contributed by atoms with Crippen LogP contribution in [-0.4, -0.2) is 47.2 Å². The van der Waals surface area contributed by atoms with E-state index in [0.29, 0.717) is 17.9 Å². The molecule has 0 aromatic carbocycles. The summed E-state index contributed by atoms with van der Waals surface area (Å²) in [5.74, 6) is 2.10. The van der Waals surface area contributed by atoms with Crippen LogP contribution in [0.1, 0.15) is 5.69 Å². The first-order valence-electron chi connectivity index (χ1n) is 8.27. The standard InChI is InChI=1S/C18H22N4O/c1-3-7-19-15(5-1)10-22-11-16-14(13-23-17(16)12-22)9-21-18-6-2-4-8-20-18/h1-8,14,16-17H,9-13H2,(H,20,21)/t14-,16+,17+/m1/s1. The van der Waals surface area contributed by atoms with E-state index in [1.807, 2.05) is 36.7 Å². The van der Waals surface area contributed by atoms with Gasteiger partial charge in [0.05, 0.1) is 18.4 Å². The Balaban J connectivity index is 1.32. The SMILES string of the molecule is c1ccc(CN2C[C@H]3[C@H](CNc4ccccn4)CO[C@H]3C2)nc1. The predicted octanol–water partition coefficient (Wildman–Crippen LogP) is 2.04. The molecule has 3 atom stereocenters. The van der Waals surface area contributed by atoms with Gasteiger partial charge in [0.25, 0.3) is 0 Å². The van der Waals surface area contributed by atoms with Crippen LogP contribution in [0, 0.1) is 11.8 Å². The molecule has 5 heteroatoms. The van der Waals surface area contributed by atoms with E-state index in [2.05, 4.69) is 32.3 Å². The smallest absolute Gasteiger partial charge is 0.125 e. The average molecular weight is 310 g/mol. The molecule has 2 aromatic rings. The van der Waals surface area contributed by atoms with Crippen molar-refractivity contribution in [2.45, 2.75) is 12.6 Å². The van der Waals surface area contributed by atoms with Crippen molar-refractivity contribution in [3.63, 3.8) is 0 Å². The Morgan fingerprint density at radius 1 is 1.09 bits per heavy atom. The molecule has 0 radical (unpaired) electrons. The first-order chi connectivity index (χ1) is 11.4. The van der Waals surface area contributed by atoms with Crippen molar-refractivity contribution in [3.8, 4) is 0 Å². The van der Waals surface area contributed by atoms with Crippen molar-refractivity contribution in [1.82, 2.24) is 14.9 Å². The zero-order valence-electron chi connectivity index (χ0n) is 13.1. The van der Waals surface area contributed by atoms with Crippen LogP contribution in [0.25, 0.3) is 0 Å². The highest BCUT2D eigenvalue weighted by Crippen LogP contribution is 2.34. The Labute approximate surface area is 136 Å². The summed E-state index contributed by atoms with van der Waals surface area (Å²) < 4.78 is 6.02. The third kappa shape index (κ3) is 3.35. The van der Waals surface area contributed by atoms with Gasteiger partial charge >= 0.3 is 0 Å². The van der Waals surface area contributed by atoms with E-state index >= 15 is 0 Å². The summed E-state index contributed by atoms with van der Waals surface area (Å²) in [6.45, 7) is 4.80. The van der Waals surface area contributed by atoms with Crippen LogP contribution < -0.4 is 5.32 Å². The monoisotopic (exact) mass is 310 g/mol. The predicted molar refractivity (Wildman–Crippen MR) is 89.0 cm³/mol. The van der Waals surface area contributed by atoms with Gasteiger partial charge in [-0.25, -0.2) is 4.98 Å². The van der Waals surface area contributed by atoms with Gasteiger partial charge in [0.2, 0.25) is 0 Å². The fraction of sp³-hybridized carbons (Fsp3) is 0.444. The Hall–Kier alpha value is -1.98. The van der Waals surface area contributed by atoms with Gasteiger partial charge in [0, 0.05) is 50.4 Å². The summed E-state index contributed by atoms with van der Waals surface area (Å²) in [5.41, 5.74) is 1.13. The van der Waals surface area contributed by atoms with Crippen molar-refractivity contribution in [2.75, 3.05) is 31.6 Å². The van der Waals surface area contributed by atoms with Gasteiger partial charge in [-0.2, -0.15) is 0 Å². The van der Waals surface area contributed by atoms with Crippen LogP contribution in [0.15, 0.2) is 48.8 Å². The number of nitrogens with one attached hydrogen (secondary N) is 1. The maximum absolute atomic E-state index is 6.02. The number of anilines is 1. The number of nitrogens with zero attached hydrogens (tertiary/aromatic N) is 3. The highest BCUT2D eigenvalue weighted by Gasteiger charge is 2.43. The quantitative estimate of drug-likeness (QED) is 0.916. The zero-order chi connectivity index (χ0) is 15.5. The molecular weight excluding hydrogens is 288 g/mol. The number of rotatable bonds is 5. The number of pyridine rings is 2. The molecule has 0 saturated carbocycles. The second-order valence-electron chi connectivity index (χ2n) is 6.41. The molecule has 2 aliphatic heterocycles. The molecule has 0 bridgehead atoms. The number of ether oxygens (including phenoxy) is 1. The van der Waals surface area contributed by atoms with E-state index in [1.165, 1.54) is 0 Å². The summed E-state index contributed by atoms with van der Waals surface area (Å²) in [5, 5.41) is 3.44. The molecule has 23 heavy (non-hydrogen) atoms. The topological polar surface area (TPSA) is 50.3 Å². The van der Waals surface area contributed by atoms with Crippen LogP contribution in [-0.2, 0) is 11.3 Å². The molecule has 0 amide bonds. The Bertz CT molecular complexity index is 621. The van der Waals surface area contributed by atoms with Crippen molar-refractivity contribution in [2.24, 2.45) is 11.8 Å². The lowest BCUT2D eigenvalue weighted by atomic mass is 9.93. The second-order valence-corrected chi connectivity index (χ2v) is 6.41. The molecule has 2 saturated heterocycles. The van der Waals surface area contributed by atoms with E-state index in [-0.39, 0.29) is 0 Å². The molecular formula is C18H22N4O. The van der Waals surface area contributed by atoms with Gasteiger partial charge in [-0.15, -0.1) is 0 Å². The highest BCUT2D eigenvalue weighted by atomic mass is 16.5. The maximum Gasteiger partial charge on any atom is 0.125 e. The van der Waals surface area contributed by atoms with Crippen molar-refractivity contribution >= 4 is 5.82 Å². The Kier molecular flexibility index (Phi) is 4.22. The molecule has 2 fully saturated rings. The summed E-state index contributed by atoms with van der Waals surface area (Å²) in [4.78, 5) is 11.2.